The van der Waals surface area contributed by atoms with Crippen LogP contribution in [-0.2, 0) is 0 Å². The molecule has 0 saturated carbocycles. The van der Waals surface area contributed by atoms with E-state index in [1.54, 1.807) is 0 Å². The van der Waals surface area contributed by atoms with Gasteiger partial charge in [-0.15, -0.1) is 0 Å². The summed E-state index contributed by atoms with van der Waals surface area (Å²) in [5, 5.41) is 0. The van der Waals surface area contributed by atoms with E-state index in [4.69, 9.17) is 0 Å². The molecule has 0 aliphatic heterocycles. The van der Waals surface area contributed by atoms with Crippen LogP contribution in [0.15, 0.2) is 0 Å². The average molecular weight is 89.1 g/mol. The lowest BCUT2D eigenvalue weighted by atomic mass is 10.3. The van der Waals surface area contributed by atoms with Crippen LogP contribution in [0.4, 0.5) is 4.39 Å². The van der Waals surface area contributed by atoms with E-state index in [0.717, 1.165) is 6.42 Å². The molecule has 0 aliphatic carbocycles. The van der Waals surface area contributed by atoms with Crippen molar-refractivity contribution in [2.45, 2.75) is 19.8 Å². The van der Waals surface area contributed by atoms with Gasteiger partial charge < -0.3 is 0 Å². The summed E-state index contributed by atoms with van der Waals surface area (Å²) in [6, 6.07) is 0. The topological polar surface area (TPSA) is 0 Å². The van der Waals surface area contributed by atoms with Gasteiger partial charge in [0.1, 0.15) is 0 Å². The van der Waals surface area contributed by atoms with Gasteiger partial charge in [0.05, 0.1) is 6.67 Å². The van der Waals surface area contributed by atoms with Crippen LogP contribution in [-0.4, -0.2) is 6.67 Å². The van der Waals surface area contributed by atoms with E-state index in [2.05, 4.69) is 0 Å². The van der Waals surface area contributed by atoms with Crippen molar-refractivity contribution < 1.29 is 4.39 Å². The molecular formula is C5H10F. The first-order valence-corrected chi connectivity index (χ1v) is 2.25. The Morgan fingerprint density at radius 1 is 1.67 bits per heavy atom. The molecule has 0 aromatic heterocycles. The van der Waals surface area contributed by atoms with Crippen LogP contribution in [0.1, 0.15) is 19.8 Å². The van der Waals surface area contributed by atoms with Crippen LogP contribution < -0.4 is 0 Å². The zero-order chi connectivity index (χ0) is 4.83. The molecule has 0 aromatic carbocycles. The number of hydrogen-bond donors (Lipinski definition) is 0. The zero-order valence-corrected chi connectivity index (χ0v) is 4.08. The molecule has 0 aromatic rings. The predicted molar refractivity (Wildman–Crippen MR) is 25.2 cm³/mol. The van der Waals surface area contributed by atoms with Crippen molar-refractivity contribution in [2.24, 2.45) is 0 Å². The van der Waals surface area contributed by atoms with E-state index in [1.807, 2.05) is 13.3 Å². The van der Waals surface area contributed by atoms with Crippen LogP contribution in [0, 0.1) is 6.42 Å². The third-order valence-corrected chi connectivity index (χ3v) is 0.626. The zero-order valence-electron chi connectivity index (χ0n) is 4.08. The molecule has 0 aliphatic rings. The Kier molecular flexibility index (Phi) is 4.87. The first-order valence-electron chi connectivity index (χ1n) is 2.25. The lowest BCUT2D eigenvalue weighted by Gasteiger charge is -1.83. The Labute approximate surface area is 38.4 Å². The minimum atomic E-state index is -0.176. The van der Waals surface area contributed by atoms with Gasteiger partial charge in [0.25, 0.3) is 0 Å². The number of unbranched alkanes of at least 4 members (excludes halogenated alkanes) is 2. The summed E-state index contributed by atoms with van der Waals surface area (Å²) in [5.41, 5.74) is 0. The van der Waals surface area contributed by atoms with E-state index in [-0.39, 0.29) is 6.67 Å². The Bertz CT molecular complexity index is 15.9. The average Bonchev–Trinajstić information content (AvgIpc) is 1.61. The molecule has 0 saturated heterocycles. The number of rotatable bonds is 3. The summed E-state index contributed by atoms with van der Waals surface area (Å²) < 4.78 is 11.2. The summed E-state index contributed by atoms with van der Waals surface area (Å²) in [4.78, 5) is 0. The lowest BCUT2D eigenvalue weighted by molar-refractivity contribution is 0.472. The van der Waals surface area contributed by atoms with Gasteiger partial charge in [0.2, 0.25) is 0 Å². The number of halogens is 1. The Balaban J connectivity index is 2.34. The van der Waals surface area contributed by atoms with Gasteiger partial charge in [0, 0.05) is 0 Å². The van der Waals surface area contributed by atoms with Gasteiger partial charge in [-0.1, -0.05) is 6.92 Å². The van der Waals surface area contributed by atoms with Crippen molar-refractivity contribution in [3.8, 4) is 0 Å². The summed E-state index contributed by atoms with van der Waals surface area (Å²) in [6.07, 6.45) is 3.58. The van der Waals surface area contributed by atoms with Crippen LogP contribution in [0.5, 0.6) is 0 Å². The summed E-state index contributed by atoms with van der Waals surface area (Å²) in [7, 11) is 0. The molecule has 0 nitrogen and oxygen atoms in total. The van der Waals surface area contributed by atoms with Crippen LogP contribution in [0.2, 0.25) is 0 Å². The first kappa shape index (κ1) is 5.93. The van der Waals surface area contributed by atoms with Crippen molar-refractivity contribution in [1.82, 2.24) is 0 Å². The van der Waals surface area contributed by atoms with Gasteiger partial charge in [-0.2, -0.15) is 0 Å². The van der Waals surface area contributed by atoms with Crippen LogP contribution in [0.25, 0.3) is 0 Å². The van der Waals surface area contributed by atoms with Crippen molar-refractivity contribution in [1.29, 1.82) is 0 Å². The SMILES string of the molecule is C[CH]CCCF. The maximum absolute atomic E-state index is 11.2. The van der Waals surface area contributed by atoms with Gasteiger partial charge in [-0.05, 0) is 19.3 Å². The third-order valence-electron chi connectivity index (χ3n) is 0.626. The molecule has 0 atom stereocenters. The van der Waals surface area contributed by atoms with E-state index >= 15 is 0 Å². The second kappa shape index (κ2) is 4.93. The minimum Gasteiger partial charge on any atom is -0.251 e. The number of alkyl halides is 1. The second-order valence-electron chi connectivity index (χ2n) is 1.24. The highest BCUT2D eigenvalue weighted by Gasteiger charge is 1.78. The molecule has 6 heavy (non-hydrogen) atoms. The third kappa shape index (κ3) is 3.93. The monoisotopic (exact) mass is 89.1 g/mol. The molecule has 0 unspecified atom stereocenters. The van der Waals surface area contributed by atoms with Crippen LogP contribution in [0.3, 0.4) is 0 Å². The van der Waals surface area contributed by atoms with Crippen molar-refractivity contribution >= 4 is 0 Å². The van der Waals surface area contributed by atoms with E-state index in [1.165, 1.54) is 0 Å². The van der Waals surface area contributed by atoms with E-state index in [9.17, 15) is 4.39 Å². The summed E-state index contributed by atoms with van der Waals surface area (Å²) in [6.45, 7) is 1.76. The highest BCUT2D eigenvalue weighted by atomic mass is 19.1. The standard InChI is InChI=1S/C5H10F/c1-2-3-4-5-6/h2H,3-5H2,1H3. The Morgan fingerprint density at radius 2 is 2.33 bits per heavy atom. The fraction of sp³-hybridized carbons (Fsp3) is 0.800. The molecule has 0 N–H and O–H groups in total. The predicted octanol–water partition coefficient (Wildman–Crippen LogP) is 1.96. The first-order chi connectivity index (χ1) is 2.91. The van der Waals surface area contributed by atoms with E-state index in [0.29, 0.717) is 6.42 Å². The lowest BCUT2D eigenvalue weighted by Crippen LogP contribution is -1.72. The van der Waals surface area contributed by atoms with Crippen molar-refractivity contribution in [3.63, 3.8) is 0 Å². The van der Waals surface area contributed by atoms with Gasteiger partial charge in [0.15, 0.2) is 0 Å². The van der Waals surface area contributed by atoms with Crippen molar-refractivity contribution in [3.05, 3.63) is 6.42 Å². The van der Waals surface area contributed by atoms with Gasteiger partial charge in [-0.25, -0.2) is 0 Å². The Hall–Kier alpha value is -0.0700. The molecule has 0 fully saturated rings. The molecule has 0 bridgehead atoms. The summed E-state index contributed by atoms with van der Waals surface area (Å²) >= 11 is 0. The second-order valence-corrected chi connectivity index (χ2v) is 1.24. The Morgan fingerprint density at radius 3 is 2.50 bits per heavy atom. The molecule has 0 spiro atoms. The van der Waals surface area contributed by atoms with Crippen molar-refractivity contribution in [2.75, 3.05) is 6.67 Å². The molecule has 0 heterocycles. The maximum Gasteiger partial charge on any atom is 0.0894 e. The quantitative estimate of drug-likeness (QED) is 0.464. The molecule has 0 rings (SSSR count). The van der Waals surface area contributed by atoms with Gasteiger partial charge >= 0.3 is 0 Å². The van der Waals surface area contributed by atoms with E-state index < -0.39 is 0 Å². The highest BCUT2D eigenvalue weighted by molar-refractivity contribution is 4.52. The summed E-state index contributed by atoms with van der Waals surface area (Å²) in [5.74, 6) is 0. The molecule has 1 heteroatoms. The maximum atomic E-state index is 11.2. The molecular weight excluding hydrogens is 79.1 g/mol. The molecule has 0 amide bonds. The fourth-order valence-electron chi connectivity index (χ4n) is 0.281. The molecule has 37 valence electrons. The fourth-order valence-corrected chi connectivity index (χ4v) is 0.281. The largest absolute Gasteiger partial charge is 0.251 e. The van der Waals surface area contributed by atoms with Crippen LogP contribution >= 0.6 is 0 Å². The normalized spacial score (nSPS) is 9.00. The smallest absolute Gasteiger partial charge is 0.0894 e. The highest BCUT2D eigenvalue weighted by Crippen LogP contribution is 1.90. The number of hydrogen-bond acceptors (Lipinski definition) is 0. The van der Waals surface area contributed by atoms with Gasteiger partial charge in [-0.3, -0.25) is 4.39 Å². The minimum absolute atomic E-state index is 0.176. The molecule has 1 radical (unpaired) electrons.